The largest absolute Gasteiger partial charge is 0.439 e. The van der Waals surface area contributed by atoms with Crippen LogP contribution in [0.2, 0.25) is 0 Å². The van der Waals surface area contributed by atoms with E-state index in [1.54, 1.807) is 31.4 Å². The summed E-state index contributed by atoms with van der Waals surface area (Å²) in [6, 6.07) is 9.63. The first-order chi connectivity index (χ1) is 13.1. The van der Waals surface area contributed by atoms with Crippen LogP contribution in [0.3, 0.4) is 0 Å². The maximum atomic E-state index is 13.2. The predicted octanol–water partition coefficient (Wildman–Crippen LogP) is 3.25. The standard InChI is InChI=1S/C20H25FN4O2/c1-20(9-4-10-26-20)14-25-19(22-2)24-13-15-7-8-18(23-12-15)27-17-6-3-5-16(21)11-17/h3,5-8,11-12H,4,9-10,13-14H2,1-2H3,(H2,22,24,25). The van der Waals surface area contributed by atoms with Gasteiger partial charge in [-0.3, -0.25) is 4.99 Å². The van der Waals surface area contributed by atoms with Crippen LogP contribution in [0.15, 0.2) is 47.6 Å². The second-order valence-electron chi connectivity index (χ2n) is 6.75. The normalized spacial score (nSPS) is 19.7. The smallest absolute Gasteiger partial charge is 0.219 e. The number of guanidine groups is 1. The Morgan fingerprint density at radius 1 is 1.33 bits per heavy atom. The molecule has 1 atom stereocenters. The zero-order valence-corrected chi connectivity index (χ0v) is 15.7. The van der Waals surface area contributed by atoms with Gasteiger partial charge in [0.15, 0.2) is 5.96 Å². The third-order valence-corrected chi connectivity index (χ3v) is 4.43. The molecule has 1 aliphatic heterocycles. The molecule has 2 aromatic rings. The fourth-order valence-corrected chi connectivity index (χ4v) is 2.88. The lowest BCUT2D eigenvalue weighted by Crippen LogP contribution is -2.45. The Morgan fingerprint density at radius 3 is 2.89 bits per heavy atom. The van der Waals surface area contributed by atoms with Crippen LogP contribution in [0.5, 0.6) is 11.6 Å². The molecule has 144 valence electrons. The molecule has 0 aliphatic carbocycles. The van der Waals surface area contributed by atoms with Gasteiger partial charge in [0, 0.05) is 45.1 Å². The summed E-state index contributed by atoms with van der Waals surface area (Å²) >= 11 is 0. The first-order valence-electron chi connectivity index (χ1n) is 9.03. The third kappa shape index (κ3) is 5.65. The number of ether oxygens (including phenoxy) is 2. The second kappa shape index (κ2) is 8.81. The minimum absolute atomic E-state index is 0.130. The molecule has 2 N–H and O–H groups in total. The molecule has 1 aliphatic rings. The Bertz CT molecular complexity index is 774. The summed E-state index contributed by atoms with van der Waals surface area (Å²) in [7, 11) is 1.74. The molecule has 0 saturated carbocycles. The van der Waals surface area contributed by atoms with Crippen LogP contribution in [-0.2, 0) is 11.3 Å². The average Bonchev–Trinajstić information content (AvgIpc) is 3.10. The number of aromatic nitrogens is 1. The first kappa shape index (κ1) is 19.1. The van der Waals surface area contributed by atoms with E-state index < -0.39 is 0 Å². The van der Waals surface area contributed by atoms with E-state index in [-0.39, 0.29) is 11.4 Å². The number of benzene rings is 1. The average molecular weight is 372 g/mol. The Kier molecular flexibility index (Phi) is 6.24. The highest BCUT2D eigenvalue weighted by atomic mass is 19.1. The van der Waals surface area contributed by atoms with E-state index in [4.69, 9.17) is 9.47 Å². The highest BCUT2D eigenvalue weighted by Gasteiger charge is 2.29. The number of hydrogen-bond acceptors (Lipinski definition) is 4. The van der Waals surface area contributed by atoms with Crippen molar-refractivity contribution in [1.82, 2.24) is 15.6 Å². The predicted molar refractivity (Wildman–Crippen MR) is 103 cm³/mol. The van der Waals surface area contributed by atoms with Crippen molar-refractivity contribution in [3.05, 3.63) is 54.0 Å². The highest BCUT2D eigenvalue weighted by molar-refractivity contribution is 5.79. The topological polar surface area (TPSA) is 67.8 Å². The molecular formula is C20H25FN4O2. The maximum absolute atomic E-state index is 13.2. The molecule has 0 amide bonds. The minimum atomic E-state index is -0.343. The zero-order valence-electron chi connectivity index (χ0n) is 15.7. The van der Waals surface area contributed by atoms with E-state index in [0.717, 1.165) is 25.0 Å². The van der Waals surface area contributed by atoms with Crippen molar-refractivity contribution >= 4 is 5.96 Å². The monoisotopic (exact) mass is 372 g/mol. The van der Waals surface area contributed by atoms with Crippen LogP contribution >= 0.6 is 0 Å². The molecule has 0 radical (unpaired) electrons. The van der Waals surface area contributed by atoms with Crippen molar-refractivity contribution in [2.75, 3.05) is 20.2 Å². The second-order valence-corrected chi connectivity index (χ2v) is 6.75. The fourth-order valence-electron chi connectivity index (χ4n) is 2.88. The molecule has 2 heterocycles. The fraction of sp³-hybridized carbons (Fsp3) is 0.400. The summed E-state index contributed by atoms with van der Waals surface area (Å²) < 4.78 is 24.5. The van der Waals surface area contributed by atoms with Gasteiger partial charge < -0.3 is 20.1 Å². The van der Waals surface area contributed by atoms with Crippen LogP contribution in [0, 0.1) is 5.82 Å². The lowest BCUT2D eigenvalue weighted by atomic mass is 10.0. The summed E-state index contributed by atoms with van der Waals surface area (Å²) in [5.74, 6) is 1.20. The number of nitrogens with zero attached hydrogens (tertiary/aromatic N) is 2. The van der Waals surface area contributed by atoms with E-state index in [1.165, 1.54) is 12.1 Å². The Morgan fingerprint density at radius 2 is 2.22 bits per heavy atom. The lowest BCUT2D eigenvalue weighted by molar-refractivity contribution is 0.0243. The first-order valence-corrected chi connectivity index (χ1v) is 9.03. The molecule has 0 spiro atoms. The van der Waals surface area contributed by atoms with Gasteiger partial charge in [-0.1, -0.05) is 12.1 Å². The quantitative estimate of drug-likeness (QED) is 0.602. The molecule has 6 nitrogen and oxygen atoms in total. The van der Waals surface area contributed by atoms with Gasteiger partial charge in [0.1, 0.15) is 11.6 Å². The molecule has 1 saturated heterocycles. The molecule has 27 heavy (non-hydrogen) atoms. The molecule has 1 fully saturated rings. The number of hydrogen-bond donors (Lipinski definition) is 2. The minimum Gasteiger partial charge on any atom is -0.439 e. The number of pyridine rings is 1. The summed E-state index contributed by atoms with van der Waals surface area (Å²) in [5, 5.41) is 6.56. The van der Waals surface area contributed by atoms with Crippen molar-refractivity contribution in [2.24, 2.45) is 4.99 Å². The molecule has 1 aromatic heterocycles. The van der Waals surface area contributed by atoms with Crippen molar-refractivity contribution in [2.45, 2.75) is 31.9 Å². The van der Waals surface area contributed by atoms with Crippen molar-refractivity contribution in [1.29, 1.82) is 0 Å². The molecule has 1 aromatic carbocycles. The van der Waals surface area contributed by atoms with E-state index >= 15 is 0 Å². The van der Waals surface area contributed by atoms with E-state index in [2.05, 4.69) is 27.5 Å². The van der Waals surface area contributed by atoms with Gasteiger partial charge in [0.25, 0.3) is 0 Å². The van der Waals surface area contributed by atoms with Gasteiger partial charge in [0.2, 0.25) is 5.88 Å². The Labute approximate surface area is 158 Å². The summed E-state index contributed by atoms with van der Waals surface area (Å²) in [4.78, 5) is 8.50. The van der Waals surface area contributed by atoms with Gasteiger partial charge in [-0.05, 0) is 37.5 Å². The van der Waals surface area contributed by atoms with Crippen LogP contribution in [0.25, 0.3) is 0 Å². The van der Waals surface area contributed by atoms with Crippen molar-refractivity contribution in [3.8, 4) is 11.6 Å². The number of nitrogens with one attached hydrogen (secondary N) is 2. The summed E-state index contributed by atoms with van der Waals surface area (Å²) in [5.41, 5.74) is 0.850. The van der Waals surface area contributed by atoms with Crippen LogP contribution < -0.4 is 15.4 Å². The van der Waals surface area contributed by atoms with Crippen molar-refractivity contribution < 1.29 is 13.9 Å². The summed E-state index contributed by atoms with van der Waals surface area (Å²) in [6.07, 6.45) is 3.86. The highest BCUT2D eigenvalue weighted by Crippen LogP contribution is 2.24. The van der Waals surface area contributed by atoms with Crippen LogP contribution in [-0.4, -0.2) is 36.7 Å². The molecule has 3 rings (SSSR count). The Balaban J connectivity index is 1.48. The number of aliphatic imine (C=N–C) groups is 1. The van der Waals surface area contributed by atoms with Crippen molar-refractivity contribution in [3.63, 3.8) is 0 Å². The Hall–Kier alpha value is -2.67. The van der Waals surface area contributed by atoms with E-state index in [9.17, 15) is 4.39 Å². The maximum Gasteiger partial charge on any atom is 0.219 e. The SMILES string of the molecule is CN=C(NCc1ccc(Oc2cccc(F)c2)nc1)NCC1(C)CCCO1. The summed E-state index contributed by atoms with van der Waals surface area (Å²) in [6.45, 7) is 4.22. The molecule has 0 bridgehead atoms. The van der Waals surface area contributed by atoms with Gasteiger partial charge in [-0.25, -0.2) is 9.37 Å². The van der Waals surface area contributed by atoms with Crippen LogP contribution in [0.4, 0.5) is 4.39 Å². The van der Waals surface area contributed by atoms with Crippen LogP contribution in [0.1, 0.15) is 25.3 Å². The van der Waals surface area contributed by atoms with Gasteiger partial charge in [-0.15, -0.1) is 0 Å². The zero-order chi connectivity index (χ0) is 19.1. The molecular weight excluding hydrogens is 347 g/mol. The van der Waals surface area contributed by atoms with E-state index in [0.29, 0.717) is 30.7 Å². The lowest BCUT2D eigenvalue weighted by Gasteiger charge is -2.24. The van der Waals surface area contributed by atoms with Gasteiger partial charge in [-0.2, -0.15) is 0 Å². The van der Waals surface area contributed by atoms with Gasteiger partial charge in [0.05, 0.1) is 5.60 Å². The molecule has 1 unspecified atom stereocenters. The molecule has 7 heteroatoms. The number of halogens is 1. The number of rotatable bonds is 6. The third-order valence-electron chi connectivity index (χ3n) is 4.43. The van der Waals surface area contributed by atoms with Gasteiger partial charge >= 0.3 is 0 Å². The van der Waals surface area contributed by atoms with E-state index in [1.807, 2.05) is 6.07 Å².